The minimum atomic E-state index is -3.10. The van der Waals surface area contributed by atoms with Crippen LogP contribution in [-0.2, 0) is 30.3 Å². The zero-order valence-electron chi connectivity index (χ0n) is 22.9. The van der Waals surface area contributed by atoms with E-state index in [1.807, 2.05) is 19.9 Å². The highest BCUT2D eigenvalue weighted by atomic mass is 32.2. The van der Waals surface area contributed by atoms with Crippen LogP contribution in [0.4, 0.5) is 11.6 Å². The van der Waals surface area contributed by atoms with Crippen molar-refractivity contribution >= 4 is 38.2 Å². The van der Waals surface area contributed by atoms with Crippen molar-refractivity contribution in [2.45, 2.75) is 67.9 Å². The Labute approximate surface area is 232 Å². The maximum absolute atomic E-state index is 12.4. The molecule has 3 aromatic heterocycles. The van der Waals surface area contributed by atoms with Crippen LogP contribution in [-0.4, -0.2) is 66.8 Å². The van der Waals surface area contributed by atoms with Gasteiger partial charge in [0.1, 0.15) is 23.8 Å². The van der Waals surface area contributed by atoms with Crippen LogP contribution in [0.2, 0.25) is 0 Å². The Hall–Kier alpha value is -3.35. The van der Waals surface area contributed by atoms with Crippen LogP contribution < -0.4 is 15.8 Å². The first kappa shape index (κ1) is 26.9. The molecule has 3 aromatic rings. The molecule has 0 radical (unpaired) electrons. The van der Waals surface area contributed by atoms with Crippen molar-refractivity contribution in [2.75, 3.05) is 25.3 Å². The third-order valence-electron chi connectivity index (χ3n) is 8.42. The number of methoxy groups -OCH3 is 1. The number of esters is 1. The molecule has 1 spiro atoms. The number of carbonyl (C=O) groups is 1. The number of hydrogen-bond donors (Lipinski definition) is 2. The van der Waals surface area contributed by atoms with Crippen LogP contribution in [0.3, 0.4) is 0 Å². The highest BCUT2D eigenvalue weighted by Gasteiger charge is 2.56. The van der Waals surface area contributed by atoms with Gasteiger partial charge in [0.2, 0.25) is 5.88 Å². The summed E-state index contributed by atoms with van der Waals surface area (Å²) in [6.07, 6.45) is 6.84. The topological polar surface area (TPSA) is 156 Å². The number of nitrogens with two attached hydrogens (primary N) is 1. The van der Waals surface area contributed by atoms with Crippen LogP contribution in [0.25, 0.3) is 10.8 Å². The van der Waals surface area contributed by atoms with Crippen molar-refractivity contribution in [1.82, 2.24) is 15.0 Å². The number of pyridine rings is 3. The highest BCUT2D eigenvalue weighted by molar-refractivity contribution is 7.91. The van der Waals surface area contributed by atoms with E-state index in [9.17, 15) is 13.2 Å². The number of nitrogens with one attached hydrogen (secondary N) is 1. The molecule has 11 nitrogen and oxygen atoms in total. The summed E-state index contributed by atoms with van der Waals surface area (Å²) in [6.45, 7) is 4.05. The lowest BCUT2D eigenvalue weighted by atomic mass is 9.89. The summed E-state index contributed by atoms with van der Waals surface area (Å²) in [5.41, 5.74) is 7.59. The summed E-state index contributed by atoms with van der Waals surface area (Å²) in [5, 5.41) is 4.32. The van der Waals surface area contributed by atoms with Gasteiger partial charge in [-0.1, -0.05) is 0 Å². The smallest absolute Gasteiger partial charge is 0.340 e. The zero-order valence-corrected chi connectivity index (χ0v) is 23.7. The Bertz CT molecular complexity index is 1610. The monoisotopic (exact) mass is 567 g/mol. The van der Waals surface area contributed by atoms with E-state index >= 15 is 0 Å². The molecule has 3 aliphatic rings. The molecule has 12 heteroatoms. The summed E-state index contributed by atoms with van der Waals surface area (Å²) in [7, 11) is -1.51. The molecule has 0 bridgehead atoms. The summed E-state index contributed by atoms with van der Waals surface area (Å²) in [5.74, 6) is 1.13. The SMILES string of the molecule is COC[C@@](C)(N)c1cnc(OC2CC(S(C)(=O)=O)C2)c2cnc(Nc3ccc4c(n3)C3(CC3)[C@@H](C)OC4=O)cc12. The summed E-state index contributed by atoms with van der Waals surface area (Å²) in [4.78, 5) is 26.4. The summed E-state index contributed by atoms with van der Waals surface area (Å²) >= 11 is 0. The first-order chi connectivity index (χ1) is 18.9. The largest absolute Gasteiger partial charge is 0.474 e. The molecule has 3 N–H and O–H groups in total. The molecular weight excluding hydrogens is 534 g/mol. The van der Waals surface area contributed by atoms with Gasteiger partial charge < -0.3 is 25.3 Å². The predicted octanol–water partition coefficient (Wildman–Crippen LogP) is 3.13. The van der Waals surface area contributed by atoms with E-state index < -0.39 is 20.6 Å². The maximum Gasteiger partial charge on any atom is 0.340 e. The van der Waals surface area contributed by atoms with Gasteiger partial charge in [-0.25, -0.2) is 28.2 Å². The van der Waals surface area contributed by atoms with E-state index in [4.69, 9.17) is 24.9 Å². The van der Waals surface area contributed by atoms with E-state index in [1.165, 1.54) is 6.26 Å². The van der Waals surface area contributed by atoms with Gasteiger partial charge in [-0.15, -0.1) is 0 Å². The van der Waals surface area contributed by atoms with Crippen molar-refractivity contribution in [3.8, 4) is 5.88 Å². The lowest BCUT2D eigenvalue weighted by Crippen LogP contribution is -2.42. The van der Waals surface area contributed by atoms with Gasteiger partial charge in [-0.3, -0.25) is 0 Å². The second-order valence-corrected chi connectivity index (χ2v) is 13.9. The van der Waals surface area contributed by atoms with Gasteiger partial charge in [0.15, 0.2) is 9.84 Å². The fraction of sp³-hybridized carbons (Fsp3) is 0.500. The number of fused-ring (bicyclic) bond motifs is 3. The molecule has 40 heavy (non-hydrogen) atoms. The van der Waals surface area contributed by atoms with Gasteiger partial charge in [0.25, 0.3) is 0 Å². The molecule has 0 aromatic carbocycles. The average Bonchev–Trinajstić information content (AvgIpc) is 3.66. The van der Waals surface area contributed by atoms with Gasteiger partial charge in [0.05, 0.1) is 39.5 Å². The van der Waals surface area contributed by atoms with Crippen LogP contribution in [0, 0.1) is 0 Å². The molecule has 0 saturated heterocycles. The van der Waals surface area contributed by atoms with E-state index in [0.717, 1.165) is 29.5 Å². The normalized spacial score (nSPS) is 24.5. The molecule has 2 saturated carbocycles. The van der Waals surface area contributed by atoms with Gasteiger partial charge in [-0.2, -0.15) is 0 Å². The number of carbonyl (C=O) groups excluding carboxylic acids is 1. The van der Waals surface area contributed by atoms with Crippen LogP contribution in [0.1, 0.15) is 61.1 Å². The minimum Gasteiger partial charge on any atom is -0.474 e. The predicted molar refractivity (Wildman–Crippen MR) is 149 cm³/mol. The fourth-order valence-corrected chi connectivity index (χ4v) is 6.87. The summed E-state index contributed by atoms with van der Waals surface area (Å²) < 4.78 is 40.7. The number of anilines is 2. The Morgan fingerprint density at radius 1 is 1.18 bits per heavy atom. The van der Waals surface area contributed by atoms with Crippen LogP contribution >= 0.6 is 0 Å². The van der Waals surface area contributed by atoms with Gasteiger partial charge in [0, 0.05) is 44.2 Å². The number of hydrogen-bond acceptors (Lipinski definition) is 11. The molecule has 1 aliphatic heterocycles. The zero-order chi connectivity index (χ0) is 28.4. The van der Waals surface area contributed by atoms with Crippen LogP contribution in [0.15, 0.2) is 30.6 Å². The average molecular weight is 568 g/mol. The van der Waals surface area contributed by atoms with Crippen molar-refractivity contribution in [2.24, 2.45) is 5.73 Å². The maximum atomic E-state index is 12.4. The second kappa shape index (κ2) is 9.35. The molecule has 0 unspecified atom stereocenters. The number of sulfone groups is 1. The number of aromatic nitrogens is 3. The Morgan fingerprint density at radius 2 is 1.93 bits per heavy atom. The van der Waals surface area contributed by atoms with E-state index in [-0.39, 0.29) is 30.2 Å². The molecule has 2 aliphatic carbocycles. The van der Waals surface area contributed by atoms with Crippen LogP contribution in [0.5, 0.6) is 5.88 Å². The quantitative estimate of drug-likeness (QED) is 0.386. The van der Waals surface area contributed by atoms with Crippen molar-refractivity contribution < 1.29 is 27.4 Å². The van der Waals surface area contributed by atoms with Gasteiger partial charge >= 0.3 is 5.97 Å². The number of nitrogens with zero attached hydrogens (tertiary/aromatic N) is 3. The fourth-order valence-electron chi connectivity index (χ4n) is 5.74. The van der Waals surface area contributed by atoms with E-state index in [0.29, 0.717) is 41.3 Å². The number of ether oxygens (including phenoxy) is 3. The Balaban J connectivity index is 1.34. The van der Waals surface area contributed by atoms with Gasteiger partial charge in [-0.05, 0) is 50.3 Å². The highest BCUT2D eigenvalue weighted by Crippen LogP contribution is 2.54. The molecule has 212 valence electrons. The molecule has 4 heterocycles. The number of cyclic esters (lactones) is 1. The van der Waals surface area contributed by atoms with Crippen molar-refractivity contribution in [3.63, 3.8) is 0 Å². The van der Waals surface area contributed by atoms with E-state index in [1.54, 1.807) is 31.6 Å². The third-order valence-corrected chi connectivity index (χ3v) is 10.0. The summed E-state index contributed by atoms with van der Waals surface area (Å²) in [6, 6.07) is 5.36. The lowest BCUT2D eigenvalue weighted by molar-refractivity contribution is 0.0183. The third kappa shape index (κ3) is 4.57. The lowest BCUT2D eigenvalue weighted by Gasteiger charge is -2.34. The molecule has 6 rings (SSSR count). The first-order valence-electron chi connectivity index (χ1n) is 13.3. The van der Waals surface area contributed by atoms with E-state index in [2.05, 4.69) is 15.3 Å². The van der Waals surface area contributed by atoms with Crippen molar-refractivity contribution in [3.05, 3.63) is 47.4 Å². The molecule has 2 fully saturated rings. The molecule has 2 atom stereocenters. The second-order valence-electron chi connectivity index (χ2n) is 11.5. The Kier molecular flexibility index (Phi) is 6.28. The molecular formula is C28H33N5O6S. The first-order valence-corrected chi connectivity index (χ1v) is 15.3. The standard InChI is InChI=1S/C28H33N5O6S/c1-15-28(7-8-28)24-18(26(34)38-15)5-6-22(33-24)32-23-11-19-20(12-30-23)25(31-13-21(19)27(2,29)14-37-3)39-16-9-17(10-16)40(4,35)36/h5-6,11-13,15-17H,7-10,14,29H2,1-4H3,(H,30,32,33)/t15-,16?,17?,27-/m1/s1. The number of rotatable bonds is 8. The van der Waals surface area contributed by atoms with Crippen molar-refractivity contribution in [1.29, 1.82) is 0 Å². The minimum absolute atomic E-state index is 0.214. The molecule has 0 amide bonds. The Morgan fingerprint density at radius 3 is 2.60 bits per heavy atom.